The Hall–Kier alpha value is -3.13. The van der Waals surface area contributed by atoms with Crippen molar-refractivity contribution < 1.29 is 14.1 Å². The first-order valence-electron chi connectivity index (χ1n) is 9.17. The molecule has 0 atom stereocenters. The van der Waals surface area contributed by atoms with Crippen LogP contribution in [0.3, 0.4) is 0 Å². The SMILES string of the molecule is CC1(C)N=c2nc(-c3cc[n+](CC(=O)OCc4ccccc4)cc3)cnc2=NS1. The number of nitrogens with zero attached hydrogens (tertiary/aromatic N) is 5. The van der Waals surface area contributed by atoms with E-state index in [-0.39, 0.29) is 24.0 Å². The van der Waals surface area contributed by atoms with Gasteiger partial charge in [-0.2, -0.15) is 8.96 Å². The Morgan fingerprint density at radius 1 is 1.10 bits per heavy atom. The molecule has 0 radical (unpaired) electrons. The van der Waals surface area contributed by atoms with Crippen LogP contribution < -0.4 is 15.5 Å². The lowest BCUT2D eigenvalue weighted by Crippen LogP contribution is -2.38. The van der Waals surface area contributed by atoms with E-state index >= 15 is 0 Å². The van der Waals surface area contributed by atoms with Crippen molar-refractivity contribution in [3.05, 3.63) is 77.6 Å². The highest BCUT2D eigenvalue weighted by atomic mass is 32.2. The molecule has 0 fully saturated rings. The molecule has 29 heavy (non-hydrogen) atoms. The molecule has 0 aliphatic carbocycles. The van der Waals surface area contributed by atoms with Gasteiger partial charge in [0.25, 0.3) is 0 Å². The first-order valence-corrected chi connectivity index (χ1v) is 9.94. The Bertz CT molecular complexity index is 1150. The first-order chi connectivity index (χ1) is 14.0. The number of carbonyl (C=O) groups excluding carboxylic acids is 1. The van der Waals surface area contributed by atoms with Crippen LogP contribution in [0.25, 0.3) is 11.3 Å². The number of hydrogen-bond donors (Lipinski definition) is 0. The fourth-order valence-electron chi connectivity index (χ4n) is 2.75. The van der Waals surface area contributed by atoms with Crippen molar-refractivity contribution in [3.8, 4) is 11.3 Å². The molecule has 1 aliphatic heterocycles. The second-order valence-electron chi connectivity index (χ2n) is 7.05. The fourth-order valence-corrected chi connectivity index (χ4v) is 3.31. The predicted molar refractivity (Wildman–Crippen MR) is 108 cm³/mol. The molecular weight excluding hydrogens is 386 g/mol. The van der Waals surface area contributed by atoms with Crippen LogP contribution in [0.4, 0.5) is 0 Å². The molecule has 0 saturated carbocycles. The Balaban J connectivity index is 1.44. The van der Waals surface area contributed by atoms with E-state index in [1.165, 1.54) is 11.9 Å². The molecule has 4 rings (SSSR count). The Labute approximate surface area is 172 Å². The number of benzene rings is 1. The molecule has 0 saturated heterocycles. The van der Waals surface area contributed by atoms with Gasteiger partial charge in [0.15, 0.2) is 17.9 Å². The van der Waals surface area contributed by atoms with Crippen LogP contribution in [0.15, 0.2) is 70.4 Å². The van der Waals surface area contributed by atoms with Gasteiger partial charge < -0.3 is 4.74 Å². The number of ether oxygens (including phenoxy) is 1. The normalized spacial score (nSPS) is 14.3. The smallest absolute Gasteiger partial charge is 0.373 e. The van der Waals surface area contributed by atoms with Crippen molar-refractivity contribution in [3.63, 3.8) is 0 Å². The fraction of sp³-hybridized carbons (Fsp3) is 0.238. The predicted octanol–water partition coefficient (Wildman–Crippen LogP) is 1.81. The molecule has 0 spiro atoms. The summed E-state index contributed by atoms with van der Waals surface area (Å²) in [6, 6.07) is 13.4. The monoisotopic (exact) mass is 406 g/mol. The molecule has 2 aromatic heterocycles. The molecule has 3 aromatic rings. The second-order valence-corrected chi connectivity index (χ2v) is 8.41. The maximum absolute atomic E-state index is 12.1. The van der Waals surface area contributed by atoms with Crippen LogP contribution in [-0.2, 0) is 22.7 Å². The largest absolute Gasteiger partial charge is 0.456 e. The number of hydrogen-bond acceptors (Lipinski definition) is 7. The van der Waals surface area contributed by atoms with E-state index in [0.29, 0.717) is 16.7 Å². The number of aromatic nitrogens is 3. The topological polar surface area (TPSA) is 80.7 Å². The zero-order valence-corrected chi connectivity index (χ0v) is 17.0. The van der Waals surface area contributed by atoms with Gasteiger partial charge in [0.05, 0.1) is 11.9 Å². The minimum absolute atomic E-state index is 0.141. The summed E-state index contributed by atoms with van der Waals surface area (Å²) in [6.45, 7) is 4.39. The maximum Gasteiger partial charge on any atom is 0.373 e. The average Bonchev–Trinajstić information content (AvgIpc) is 2.72. The van der Waals surface area contributed by atoms with E-state index in [1.54, 1.807) is 10.8 Å². The highest BCUT2D eigenvalue weighted by Crippen LogP contribution is 2.26. The summed E-state index contributed by atoms with van der Waals surface area (Å²) in [5.74, 6) is -0.291. The Morgan fingerprint density at radius 2 is 1.86 bits per heavy atom. The molecular formula is C21H20N5O2S+. The standard InChI is InChI=1S/C21H20N5O2S/c1-21(2)24-20-19(25-29-21)22-12-17(23-20)16-8-10-26(11-9-16)13-18(27)28-14-15-6-4-3-5-7-15/h3-12H,13-14H2,1-2H3/q+1. The van der Waals surface area contributed by atoms with Crippen molar-refractivity contribution in [2.24, 2.45) is 9.39 Å². The lowest BCUT2D eigenvalue weighted by Gasteiger charge is -2.17. The van der Waals surface area contributed by atoms with Crippen LogP contribution in [0.2, 0.25) is 0 Å². The molecule has 8 heteroatoms. The summed E-state index contributed by atoms with van der Waals surface area (Å²) in [7, 11) is 0. The zero-order chi connectivity index (χ0) is 20.3. The molecule has 1 aliphatic rings. The molecule has 7 nitrogen and oxygen atoms in total. The van der Waals surface area contributed by atoms with Crippen molar-refractivity contribution >= 4 is 17.9 Å². The van der Waals surface area contributed by atoms with Gasteiger partial charge in [-0.3, -0.25) is 0 Å². The van der Waals surface area contributed by atoms with Gasteiger partial charge >= 0.3 is 5.97 Å². The summed E-state index contributed by atoms with van der Waals surface area (Å²) < 4.78 is 11.4. The van der Waals surface area contributed by atoms with E-state index < -0.39 is 0 Å². The number of pyridine rings is 1. The van der Waals surface area contributed by atoms with E-state index in [1.807, 2.05) is 68.7 Å². The third-order valence-corrected chi connectivity index (χ3v) is 5.01. The Morgan fingerprint density at radius 3 is 2.62 bits per heavy atom. The van der Waals surface area contributed by atoms with E-state index in [0.717, 1.165) is 11.1 Å². The summed E-state index contributed by atoms with van der Waals surface area (Å²) in [5.41, 5.74) is 3.66. The molecule has 0 amide bonds. The number of fused-ring (bicyclic) bond motifs is 1. The van der Waals surface area contributed by atoms with Crippen LogP contribution in [0, 0.1) is 0 Å². The molecule has 3 heterocycles. The first kappa shape index (κ1) is 19.2. The highest BCUT2D eigenvalue weighted by Gasteiger charge is 2.21. The molecule has 0 N–H and O–H groups in total. The van der Waals surface area contributed by atoms with Gasteiger partial charge in [0, 0.05) is 29.6 Å². The lowest BCUT2D eigenvalue weighted by molar-refractivity contribution is -0.685. The maximum atomic E-state index is 12.1. The third kappa shape index (κ3) is 4.83. The van der Waals surface area contributed by atoms with Crippen LogP contribution in [-0.4, -0.2) is 20.8 Å². The van der Waals surface area contributed by atoms with Gasteiger partial charge in [-0.1, -0.05) is 30.3 Å². The highest BCUT2D eigenvalue weighted by molar-refractivity contribution is 7.99. The van der Waals surface area contributed by atoms with Gasteiger partial charge in [-0.05, 0) is 19.4 Å². The second kappa shape index (κ2) is 8.08. The van der Waals surface area contributed by atoms with Crippen molar-refractivity contribution in [1.29, 1.82) is 0 Å². The van der Waals surface area contributed by atoms with E-state index in [2.05, 4.69) is 19.4 Å². The number of carbonyl (C=O) groups is 1. The van der Waals surface area contributed by atoms with Gasteiger partial charge in [0.1, 0.15) is 11.5 Å². The number of esters is 1. The van der Waals surface area contributed by atoms with E-state index in [4.69, 9.17) is 4.74 Å². The minimum atomic E-state index is -0.347. The zero-order valence-electron chi connectivity index (χ0n) is 16.1. The Kier molecular flexibility index (Phi) is 5.35. The minimum Gasteiger partial charge on any atom is -0.456 e. The third-order valence-electron chi connectivity index (χ3n) is 4.21. The molecule has 0 unspecified atom stereocenters. The van der Waals surface area contributed by atoms with Crippen LogP contribution in [0.1, 0.15) is 19.4 Å². The van der Waals surface area contributed by atoms with Crippen molar-refractivity contribution in [2.75, 3.05) is 0 Å². The average molecular weight is 406 g/mol. The summed E-state index contributed by atoms with van der Waals surface area (Å²) >= 11 is 1.38. The summed E-state index contributed by atoms with van der Waals surface area (Å²) in [6.07, 6.45) is 5.33. The van der Waals surface area contributed by atoms with E-state index in [9.17, 15) is 4.79 Å². The lowest BCUT2D eigenvalue weighted by atomic mass is 10.2. The molecule has 1 aromatic carbocycles. The summed E-state index contributed by atoms with van der Waals surface area (Å²) in [5, 5.41) is 0. The van der Waals surface area contributed by atoms with Gasteiger partial charge in [0.2, 0.25) is 12.0 Å². The van der Waals surface area contributed by atoms with Gasteiger partial charge in [-0.15, -0.1) is 0 Å². The molecule has 146 valence electrons. The quantitative estimate of drug-likeness (QED) is 0.367. The van der Waals surface area contributed by atoms with Crippen molar-refractivity contribution in [1.82, 2.24) is 9.97 Å². The summed E-state index contributed by atoms with van der Waals surface area (Å²) in [4.78, 5) is 25.3. The van der Waals surface area contributed by atoms with Crippen LogP contribution >= 0.6 is 11.9 Å². The van der Waals surface area contributed by atoms with Gasteiger partial charge in [-0.25, -0.2) is 19.8 Å². The van der Waals surface area contributed by atoms with Crippen molar-refractivity contribution in [2.45, 2.75) is 31.9 Å². The van der Waals surface area contributed by atoms with Crippen LogP contribution in [0.5, 0.6) is 0 Å². The molecule has 0 bridgehead atoms. The number of rotatable bonds is 5.